The molecule has 2 nitrogen and oxygen atoms in total. The summed E-state index contributed by atoms with van der Waals surface area (Å²) < 4.78 is 6.29. The largest absolute Gasteiger partial charge is 0.497 e. The van der Waals surface area contributed by atoms with E-state index in [0.29, 0.717) is 0 Å². The van der Waals surface area contributed by atoms with Crippen LogP contribution < -0.4 is 10.1 Å². The van der Waals surface area contributed by atoms with Gasteiger partial charge in [-0.05, 0) is 36.6 Å². The molecule has 0 fully saturated rings. The predicted octanol–water partition coefficient (Wildman–Crippen LogP) is 5.19. The van der Waals surface area contributed by atoms with Crippen molar-refractivity contribution in [2.45, 2.75) is 26.3 Å². The molecule has 0 aliphatic heterocycles. The van der Waals surface area contributed by atoms with Gasteiger partial charge in [0, 0.05) is 22.3 Å². The highest BCUT2D eigenvalue weighted by Gasteiger charge is 2.07. The first-order valence-corrected chi connectivity index (χ1v) is 7.61. The van der Waals surface area contributed by atoms with Gasteiger partial charge in [-0.15, -0.1) is 0 Å². The maximum absolute atomic E-state index is 5.28. The second kappa shape index (κ2) is 6.80. The Morgan fingerprint density at radius 1 is 1.15 bits per heavy atom. The van der Waals surface area contributed by atoms with Crippen LogP contribution in [0.4, 0.5) is 5.69 Å². The van der Waals surface area contributed by atoms with Crippen molar-refractivity contribution < 1.29 is 4.74 Å². The van der Waals surface area contributed by atoms with Crippen LogP contribution in [0.1, 0.15) is 31.0 Å². The van der Waals surface area contributed by atoms with Crippen LogP contribution >= 0.6 is 15.9 Å². The number of rotatable bonds is 5. The molecule has 1 N–H and O–H groups in total. The minimum Gasteiger partial charge on any atom is -0.497 e. The average molecular weight is 334 g/mol. The topological polar surface area (TPSA) is 21.3 Å². The minimum atomic E-state index is 0.250. The summed E-state index contributed by atoms with van der Waals surface area (Å²) in [5.41, 5.74) is 3.69. The Hall–Kier alpha value is -1.48. The zero-order valence-corrected chi connectivity index (χ0v) is 13.7. The lowest BCUT2D eigenvalue weighted by atomic mass is 10.0. The first kappa shape index (κ1) is 14.9. The average Bonchev–Trinajstić information content (AvgIpc) is 2.46. The van der Waals surface area contributed by atoms with Gasteiger partial charge in [0.25, 0.3) is 0 Å². The molecular formula is C17H20BrNO. The number of hydrogen-bond donors (Lipinski definition) is 1. The van der Waals surface area contributed by atoms with Crippen molar-refractivity contribution in [2.24, 2.45) is 0 Å². The third kappa shape index (κ3) is 3.76. The van der Waals surface area contributed by atoms with Crippen molar-refractivity contribution in [3.05, 3.63) is 58.1 Å². The van der Waals surface area contributed by atoms with Crippen molar-refractivity contribution >= 4 is 21.6 Å². The highest BCUT2D eigenvalue weighted by Crippen LogP contribution is 2.27. The first-order valence-electron chi connectivity index (χ1n) is 6.82. The van der Waals surface area contributed by atoms with E-state index in [-0.39, 0.29) is 6.04 Å². The normalized spacial score (nSPS) is 12.0. The van der Waals surface area contributed by atoms with Crippen molar-refractivity contribution in [2.75, 3.05) is 12.4 Å². The van der Waals surface area contributed by atoms with Crippen LogP contribution in [-0.4, -0.2) is 7.11 Å². The number of halogens is 1. The summed E-state index contributed by atoms with van der Waals surface area (Å²) in [7, 11) is 1.68. The van der Waals surface area contributed by atoms with Crippen molar-refractivity contribution in [3.63, 3.8) is 0 Å². The van der Waals surface area contributed by atoms with Crippen molar-refractivity contribution in [3.8, 4) is 5.75 Å². The van der Waals surface area contributed by atoms with E-state index in [4.69, 9.17) is 4.74 Å². The first-order chi connectivity index (χ1) is 9.62. The number of benzene rings is 2. The lowest BCUT2D eigenvalue weighted by molar-refractivity contribution is 0.414. The van der Waals surface area contributed by atoms with Gasteiger partial charge in [-0.25, -0.2) is 0 Å². The lowest BCUT2D eigenvalue weighted by Gasteiger charge is -2.17. The number of nitrogens with one attached hydrogen (secondary N) is 1. The Bertz CT molecular complexity index is 566. The molecule has 1 unspecified atom stereocenters. The Morgan fingerprint density at radius 2 is 1.85 bits per heavy atom. The Labute approximate surface area is 129 Å². The lowest BCUT2D eigenvalue weighted by Crippen LogP contribution is -2.06. The number of anilines is 1. The molecule has 1 atom stereocenters. The van der Waals surface area contributed by atoms with Crippen LogP contribution in [0.25, 0.3) is 0 Å². The molecule has 0 heterocycles. The molecule has 0 spiro atoms. The molecule has 0 saturated carbocycles. The van der Waals surface area contributed by atoms with E-state index in [9.17, 15) is 0 Å². The molecule has 2 rings (SSSR count). The van der Waals surface area contributed by atoms with Crippen LogP contribution in [0.5, 0.6) is 5.75 Å². The quantitative estimate of drug-likeness (QED) is 0.812. The van der Waals surface area contributed by atoms with E-state index in [2.05, 4.69) is 65.4 Å². The van der Waals surface area contributed by atoms with Crippen LogP contribution in [-0.2, 0) is 6.42 Å². The number of aryl methyl sites for hydroxylation is 1. The monoisotopic (exact) mass is 333 g/mol. The van der Waals surface area contributed by atoms with E-state index < -0.39 is 0 Å². The summed E-state index contributed by atoms with van der Waals surface area (Å²) in [6, 6.07) is 15.0. The Balaban J connectivity index is 2.13. The number of hydrogen-bond acceptors (Lipinski definition) is 2. The molecule has 0 aliphatic carbocycles. The number of methoxy groups -OCH3 is 1. The molecule has 20 heavy (non-hydrogen) atoms. The van der Waals surface area contributed by atoms with Gasteiger partial charge in [-0.2, -0.15) is 0 Å². The molecule has 106 valence electrons. The van der Waals surface area contributed by atoms with E-state index >= 15 is 0 Å². The SMILES string of the molecule is CCc1ccc(C(C)Nc2cc(Br)cc(OC)c2)cc1. The molecular weight excluding hydrogens is 314 g/mol. The standard InChI is InChI=1S/C17H20BrNO/c1-4-13-5-7-14(8-6-13)12(2)19-16-9-15(18)10-17(11-16)20-3/h5-12,19H,4H2,1-3H3. The van der Waals surface area contributed by atoms with Crippen LogP contribution in [0.15, 0.2) is 46.9 Å². The third-order valence-corrected chi connectivity index (χ3v) is 3.84. The summed E-state index contributed by atoms with van der Waals surface area (Å²) in [6.45, 7) is 4.33. The van der Waals surface area contributed by atoms with Crippen LogP contribution in [0.3, 0.4) is 0 Å². The fourth-order valence-electron chi connectivity index (χ4n) is 2.14. The Morgan fingerprint density at radius 3 is 2.45 bits per heavy atom. The van der Waals surface area contributed by atoms with Crippen LogP contribution in [0, 0.1) is 0 Å². The summed E-state index contributed by atoms with van der Waals surface area (Å²) in [5, 5.41) is 3.50. The molecule has 3 heteroatoms. The fraction of sp³-hybridized carbons (Fsp3) is 0.294. The van der Waals surface area contributed by atoms with E-state index in [1.54, 1.807) is 7.11 Å². The smallest absolute Gasteiger partial charge is 0.122 e. The van der Waals surface area contributed by atoms with E-state index in [1.807, 2.05) is 12.1 Å². The van der Waals surface area contributed by atoms with Gasteiger partial charge < -0.3 is 10.1 Å². The fourth-order valence-corrected chi connectivity index (χ4v) is 2.61. The highest BCUT2D eigenvalue weighted by molar-refractivity contribution is 9.10. The zero-order valence-electron chi connectivity index (χ0n) is 12.1. The molecule has 0 radical (unpaired) electrons. The molecule has 0 saturated heterocycles. The molecule has 0 amide bonds. The maximum Gasteiger partial charge on any atom is 0.122 e. The van der Waals surface area contributed by atoms with Crippen molar-refractivity contribution in [1.82, 2.24) is 0 Å². The summed E-state index contributed by atoms with van der Waals surface area (Å²) in [5.74, 6) is 0.843. The van der Waals surface area contributed by atoms with Gasteiger partial charge >= 0.3 is 0 Å². The van der Waals surface area contributed by atoms with Gasteiger partial charge in [0.2, 0.25) is 0 Å². The van der Waals surface area contributed by atoms with Gasteiger partial charge in [-0.3, -0.25) is 0 Å². The van der Waals surface area contributed by atoms with Crippen molar-refractivity contribution in [1.29, 1.82) is 0 Å². The second-order valence-electron chi connectivity index (χ2n) is 4.84. The van der Waals surface area contributed by atoms with Crippen LogP contribution in [0.2, 0.25) is 0 Å². The third-order valence-electron chi connectivity index (χ3n) is 3.38. The van der Waals surface area contributed by atoms with E-state index in [1.165, 1.54) is 11.1 Å². The van der Waals surface area contributed by atoms with E-state index in [0.717, 1.165) is 22.3 Å². The maximum atomic E-state index is 5.28. The van der Waals surface area contributed by atoms with Gasteiger partial charge in [0.1, 0.15) is 5.75 Å². The molecule has 0 bridgehead atoms. The summed E-state index contributed by atoms with van der Waals surface area (Å²) in [6.07, 6.45) is 1.07. The highest BCUT2D eigenvalue weighted by atomic mass is 79.9. The van der Waals surface area contributed by atoms with Gasteiger partial charge in [0.15, 0.2) is 0 Å². The molecule has 0 aromatic heterocycles. The zero-order chi connectivity index (χ0) is 14.5. The minimum absolute atomic E-state index is 0.250. The molecule has 0 aliphatic rings. The van der Waals surface area contributed by atoms with Gasteiger partial charge in [0.05, 0.1) is 7.11 Å². The summed E-state index contributed by atoms with van der Waals surface area (Å²) in [4.78, 5) is 0. The Kier molecular flexibility index (Phi) is 5.07. The van der Waals surface area contributed by atoms with Gasteiger partial charge in [-0.1, -0.05) is 47.1 Å². The molecule has 2 aromatic rings. The second-order valence-corrected chi connectivity index (χ2v) is 5.76. The summed E-state index contributed by atoms with van der Waals surface area (Å²) >= 11 is 3.50. The predicted molar refractivity (Wildman–Crippen MR) is 88.6 cm³/mol. The number of ether oxygens (including phenoxy) is 1. The molecule has 2 aromatic carbocycles.